The topological polar surface area (TPSA) is 0 Å². The molecule has 1 heteroatoms. The summed E-state index contributed by atoms with van der Waals surface area (Å²) in [5, 5.41) is 0.440. The van der Waals surface area contributed by atoms with E-state index in [0.29, 0.717) is 5.38 Å². The highest BCUT2D eigenvalue weighted by Gasteiger charge is 2.01. The minimum Gasteiger partial charge on any atom is -0.123 e. The largest absolute Gasteiger partial charge is 0.123 e. The van der Waals surface area contributed by atoms with E-state index in [1.54, 1.807) is 0 Å². The van der Waals surface area contributed by atoms with E-state index in [0.717, 1.165) is 0 Å². The van der Waals surface area contributed by atoms with E-state index >= 15 is 0 Å². The zero-order chi connectivity index (χ0) is 11.4. The Morgan fingerprint density at radius 1 is 0.667 bits per heavy atom. The van der Waals surface area contributed by atoms with Gasteiger partial charge in [-0.25, -0.2) is 0 Å². The molecule has 0 aliphatic rings. The minimum absolute atomic E-state index is 0.440. The molecule has 0 saturated carbocycles. The van der Waals surface area contributed by atoms with Gasteiger partial charge >= 0.3 is 0 Å². The average molecular weight is 233 g/mol. The Balaban J connectivity index is 2.98. The molecule has 92 valence electrons. The first-order valence-corrected chi connectivity index (χ1v) is 7.39. The molecule has 15 heavy (non-hydrogen) atoms. The summed E-state index contributed by atoms with van der Waals surface area (Å²) < 4.78 is 0. The van der Waals surface area contributed by atoms with Crippen LogP contribution >= 0.6 is 11.6 Å². The van der Waals surface area contributed by atoms with Gasteiger partial charge in [0.25, 0.3) is 0 Å². The summed E-state index contributed by atoms with van der Waals surface area (Å²) in [6, 6.07) is 0. The first-order valence-electron chi connectivity index (χ1n) is 6.95. The summed E-state index contributed by atoms with van der Waals surface area (Å²) in [6.07, 6.45) is 14.9. The molecule has 0 bridgehead atoms. The van der Waals surface area contributed by atoms with Crippen molar-refractivity contribution in [3.05, 3.63) is 0 Å². The highest BCUT2D eigenvalue weighted by molar-refractivity contribution is 6.20. The van der Waals surface area contributed by atoms with Crippen LogP contribution in [-0.2, 0) is 0 Å². The number of rotatable bonds is 11. The Morgan fingerprint density at radius 2 is 1.20 bits per heavy atom. The molecular formula is C14H29Cl. The van der Waals surface area contributed by atoms with Crippen LogP contribution in [0.25, 0.3) is 0 Å². The molecule has 0 rings (SSSR count). The second kappa shape index (κ2) is 12.4. The molecule has 0 N–H and O–H groups in total. The van der Waals surface area contributed by atoms with Gasteiger partial charge in [0, 0.05) is 5.38 Å². The van der Waals surface area contributed by atoms with Gasteiger partial charge in [-0.1, -0.05) is 71.6 Å². The Kier molecular flexibility index (Phi) is 12.6. The summed E-state index contributed by atoms with van der Waals surface area (Å²) in [5.74, 6) is 0. The van der Waals surface area contributed by atoms with E-state index in [9.17, 15) is 0 Å². The van der Waals surface area contributed by atoms with Gasteiger partial charge in [-0.3, -0.25) is 0 Å². The monoisotopic (exact) mass is 232 g/mol. The highest BCUT2D eigenvalue weighted by Crippen LogP contribution is 2.15. The zero-order valence-corrected chi connectivity index (χ0v) is 11.5. The number of alkyl halides is 1. The van der Waals surface area contributed by atoms with Crippen LogP contribution in [0.2, 0.25) is 0 Å². The van der Waals surface area contributed by atoms with Crippen molar-refractivity contribution >= 4 is 11.6 Å². The third-order valence-corrected chi connectivity index (χ3v) is 3.41. The average Bonchev–Trinajstić information content (AvgIpc) is 2.22. The van der Waals surface area contributed by atoms with Crippen LogP contribution in [0.4, 0.5) is 0 Å². The van der Waals surface area contributed by atoms with Gasteiger partial charge in [0.1, 0.15) is 0 Å². The van der Waals surface area contributed by atoms with Gasteiger partial charge in [-0.2, -0.15) is 0 Å². The van der Waals surface area contributed by atoms with Crippen molar-refractivity contribution in [3.8, 4) is 0 Å². The third-order valence-electron chi connectivity index (χ3n) is 2.97. The van der Waals surface area contributed by atoms with E-state index in [1.165, 1.54) is 70.6 Å². The van der Waals surface area contributed by atoms with Gasteiger partial charge in [0.2, 0.25) is 0 Å². The summed E-state index contributed by atoms with van der Waals surface area (Å²) >= 11 is 6.16. The van der Waals surface area contributed by atoms with Crippen LogP contribution in [0.15, 0.2) is 0 Å². The van der Waals surface area contributed by atoms with Crippen LogP contribution < -0.4 is 0 Å². The van der Waals surface area contributed by atoms with Gasteiger partial charge in [0.15, 0.2) is 0 Å². The lowest BCUT2D eigenvalue weighted by Gasteiger charge is -2.07. The number of hydrogen-bond acceptors (Lipinski definition) is 0. The van der Waals surface area contributed by atoms with E-state index < -0.39 is 0 Å². The molecular weight excluding hydrogens is 204 g/mol. The molecule has 0 aromatic heterocycles. The Labute approximate surface area is 102 Å². The molecule has 0 spiro atoms. The Bertz CT molecular complexity index is 112. The van der Waals surface area contributed by atoms with Crippen LogP contribution in [0, 0.1) is 0 Å². The first-order chi connectivity index (χ1) is 7.31. The molecule has 0 heterocycles. The second-order valence-corrected chi connectivity index (χ2v) is 5.27. The fourth-order valence-corrected chi connectivity index (χ4v) is 2.33. The van der Waals surface area contributed by atoms with Crippen molar-refractivity contribution in [3.63, 3.8) is 0 Å². The van der Waals surface area contributed by atoms with Crippen LogP contribution in [-0.4, -0.2) is 5.38 Å². The molecule has 0 aromatic carbocycles. The van der Waals surface area contributed by atoms with Gasteiger partial charge in [0.05, 0.1) is 0 Å². The minimum atomic E-state index is 0.440. The standard InChI is InChI=1S/C14H29Cl/c1-3-5-6-7-8-9-10-11-13-14(15)12-4-2/h14H,3-13H2,1-2H3. The van der Waals surface area contributed by atoms with Crippen LogP contribution in [0.5, 0.6) is 0 Å². The molecule has 0 saturated heterocycles. The van der Waals surface area contributed by atoms with E-state index in [4.69, 9.17) is 11.6 Å². The normalized spacial score (nSPS) is 13.0. The lowest BCUT2D eigenvalue weighted by atomic mass is 10.1. The molecule has 1 unspecified atom stereocenters. The number of hydrogen-bond donors (Lipinski definition) is 0. The molecule has 0 aliphatic carbocycles. The molecule has 0 fully saturated rings. The van der Waals surface area contributed by atoms with Gasteiger partial charge in [-0.15, -0.1) is 11.6 Å². The molecule has 0 amide bonds. The van der Waals surface area contributed by atoms with Gasteiger partial charge in [-0.05, 0) is 12.8 Å². The Morgan fingerprint density at radius 3 is 1.73 bits per heavy atom. The van der Waals surface area contributed by atoms with Crippen molar-refractivity contribution in [2.75, 3.05) is 0 Å². The number of unbranched alkanes of at least 4 members (excludes halogenated alkanes) is 7. The molecule has 0 aliphatic heterocycles. The fraction of sp³-hybridized carbons (Fsp3) is 1.00. The van der Waals surface area contributed by atoms with Gasteiger partial charge < -0.3 is 0 Å². The summed E-state index contributed by atoms with van der Waals surface area (Å²) in [7, 11) is 0. The maximum absolute atomic E-state index is 6.16. The zero-order valence-electron chi connectivity index (χ0n) is 10.7. The van der Waals surface area contributed by atoms with Crippen molar-refractivity contribution in [2.24, 2.45) is 0 Å². The SMILES string of the molecule is CCCCCCCCCCC(Cl)CCC. The van der Waals surface area contributed by atoms with Crippen LogP contribution in [0.1, 0.15) is 84.5 Å². The van der Waals surface area contributed by atoms with Crippen LogP contribution in [0.3, 0.4) is 0 Å². The first kappa shape index (κ1) is 15.3. The summed E-state index contributed by atoms with van der Waals surface area (Å²) in [6.45, 7) is 4.48. The fourth-order valence-electron chi connectivity index (χ4n) is 1.96. The van der Waals surface area contributed by atoms with Crippen molar-refractivity contribution in [2.45, 2.75) is 89.9 Å². The van der Waals surface area contributed by atoms with Crippen molar-refractivity contribution < 1.29 is 0 Å². The van der Waals surface area contributed by atoms with Crippen molar-refractivity contribution in [1.29, 1.82) is 0 Å². The van der Waals surface area contributed by atoms with Crippen molar-refractivity contribution in [1.82, 2.24) is 0 Å². The predicted molar refractivity (Wildman–Crippen MR) is 71.8 cm³/mol. The second-order valence-electron chi connectivity index (χ2n) is 4.65. The highest BCUT2D eigenvalue weighted by atomic mass is 35.5. The van der Waals surface area contributed by atoms with E-state index in [1.807, 2.05) is 0 Å². The number of halogens is 1. The third kappa shape index (κ3) is 12.2. The summed E-state index contributed by atoms with van der Waals surface area (Å²) in [4.78, 5) is 0. The molecule has 1 atom stereocenters. The quantitative estimate of drug-likeness (QED) is 0.306. The lowest BCUT2D eigenvalue weighted by Crippen LogP contribution is -1.97. The van der Waals surface area contributed by atoms with E-state index in [-0.39, 0.29) is 0 Å². The molecule has 0 radical (unpaired) electrons. The maximum atomic E-state index is 6.16. The van der Waals surface area contributed by atoms with E-state index in [2.05, 4.69) is 13.8 Å². The summed E-state index contributed by atoms with van der Waals surface area (Å²) in [5.41, 5.74) is 0. The predicted octanol–water partition coefficient (Wildman–Crippen LogP) is 5.92. The maximum Gasteiger partial charge on any atom is 0.0336 e. The Hall–Kier alpha value is 0.290. The lowest BCUT2D eigenvalue weighted by molar-refractivity contribution is 0.550. The smallest absolute Gasteiger partial charge is 0.0336 e. The molecule has 0 nitrogen and oxygen atoms in total. The molecule has 0 aromatic rings.